The van der Waals surface area contributed by atoms with E-state index < -0.39 is 0 Å². The zero-order valence-electron chi connectivity index (χ0n) is 15.4. The van der Waals surface area contributed by atoms with Gasteiger partial charge in [-0.1, -0.05) is 54.6 Å². The van der Waals surface area contributed by atoms with Gasteiger partial charge in [-0.15, -0.1) is 24.0 Å². The Kier molecular flexibility index (Phi) is 7.97. The Balaban J connectivity index is 0.00000243. The van der Waals surface area contributed by atoms with E-state index in [0.717, 1.165) is 25.6 Å². The van der Waals surface area contributed by atoms with E-state index in [-0.39, 0.29) is 24.0 Å². The number of benzene rings is 2. The molecule has 0 bridgehead atoms. The normalized spacial score (nSPS) is 13.5. The van der Waals surface area contributed by atoms with Gasteiger partial charge in [-0.2, -0.15) is 0 Å². The van der Waals surface area contributed by atoms with Crippen LogP contribution >= 0.6 is 24.0 Å². The summed E-state index contributed by atoms with van der Waals surface area (Å²) in [6.45, 7) is 3.47. The molecule has 1 heterocycles. The van der Waals surface area contributed by atoms with Gasteiger partial charge in [-0.05, 0) is 23.3 Å². The molecule has 0 fully saturated rings. The van der Waals surface area contributed by atoms with Crippen LogP contribution in [0.25, 0.3) is 0 Å². The van der Waals surface area contributed by atoms with Crippen molar-refractivity contribution in [2.45, 2.75) is 13.1 Å². The summed E-state index contributed by atoms with van der Waals surface area (Å²) in [7, 11) is 4.03. The smallest absolute Gasteiger partial charge is 0.194 e. The second kappa shape index (κ2) is 10.2. The molecule has 0 amide bonds. The molecule has 0 aromatic heterocycles. The molecule has 0 saturated carbocycles. The SMILES string of the molecule is CN(C)C(=NCc1ccccc1)NCc1ccc(N2CC=CC2)cc1.I. The Morgan fingerprint density at radius 1 is 0.962 bits per heavy atom. The van der Waals surface area contributed by atoms with Crippen LogP contribution in [-0.2, 0) is 13.1 Å². The highest BCUT2D eigenvalue weighted by Gasteiger charge is 2.07. The first-order chi connectivity index (χ1) is 12.2. The summed E-state index contributed by atoms with van der Waals surface area (Å²) >= 11 is 0. The van der Waals surface area contributed by atoms with Gasteiger partial charge in [-0.25, -0.2) is 4.99 Å². The summed E-state index contributed by atoms with van der Waals surface area (Å²) in [4.78, 5) is 9.08. The lowest BCUT2D eigenvalue weighted by molar-refractivity contribution is 0.578. The Morgan fingerprint density at radius 3 is 2.23 bits per heavy atom. The van der Waals surface area contributed by atoms with E-state index in [1.54, 1.807) is 0 Å². The van der Waals surface area contributed by atoms with Gasteiger partial charge in [0.15, 0.2) is 5.96 Å². The van der Waals surface area contributed by atoms with Crippen molar-refractivity contribution in [3.05, 3.63) is 77.9 Å². The fourth-order valence-corrected chi connectivity index (χ4v) is 2.80. The quantitative estimate of drug-likeness (QED) is 0.317. The van der Waals surface area contributed by atoms with Crippen molar-refractivity contribution in [1.82, 2.24) is 10.2 Å². The molecule has 0 aliphatic carbocycles. The van der Waals surface area contributed by atoms with E-state index in [1.165, 1.54) is 16.8 Å². The summed E-state index contributed by atoms with van der Waals surface area (Å²) in [5, 5.41) is 3.44. The topological polar surface area (TPSA) is 30.9 Å². The summed E-state index contributed by atoms with van der Waals surface area (Å²) in [5.41, 5.74) is 3.75. The minimum absolute atomic E-state index is 0. The molecule has 138 valence electrons. The summed E-state index contributed by atoms with van der Waals surface area (Å²) in [5.74, 6) is 0.900. The van der Waals surface area contributed by atoms with Gasteiger partial charge in [0, 0.05) is 39.4 Å². The zero-order chi connectivity index (χ0) is 17.5. The molecule has 2 aromatic carbocycles. The maximum atomic E-state index is 4.70. The maximum absolute atomic E-state index is 4.70. The van der Waals surface area contributed by atoms with E-state index in [0.29, 0.717) is 6.54 Å². The van der Waals surface area contributed by atoms with E-state index >= 15 is 0 Å². The summed E-state index contributed by atoms with van der Waals surface area (Å²) in [6.07, 6.45) is 4.42. The fourth-order valence-electron chi connectivity index (χ4n) is 2.80. The van der Waals surface area contributed by atoms with Crippen molar-refractivity contribution in [1.29, 1.82) is 0 Å². The second-order valence-electron chi connectivity index (χ2n) is 6.42. The number of guanidine groups is 1. The standard InChI is InChI=1S/C21H26N4.HI/c1-24(2)21(22-16-18-8-4-3-5-9-18)23-17-19-10-12-20(13-11-19)25-14-6-7-15-25;/h3-13H,14-17H2,1-2H3,(H,22,23);1H. The summed E-state index contributed by atoms with van der Waals surface area (Å²) < 4.78 is 0. The molecular weight excluding hydrogens is 435 g/mol. The Hall–Kier alpha value is -2.02. The highest BCUT2D eigenvalue weighted by Crippen LogP contribution is 2.17. The molecule has 3 rings (SSSR count). The number of rotatable bonds is 5. The fraction of sp³-hybridized carbons (Fsp3) is 0.286. The molecule has 0 atom stereocenters. The van der Waals surface area contributed by atoms with Crippen LogP contribution in [0.5, 0.6) is 0 Å². The summed E-state index contributed by atoms with van der Waals surface area (Å²) in [6, 6.07) is 19.1. The first-order valence-corrected chi connectivity index (χ1v) is 8.71. The molecule has 0 unspecified atom stereocenters. The Morgan fingerprint density at radius 2 is 1.62 bits per heavy atom. The molecule has 4 nitrogen and oxygen atoms in total. The van der Waals surface area contributed by atoms with Crippen LogP contribution in [0.4, 0.5) is 5.69 Å². The number of hydrogen-bond donors (Lipinski definition) is 1. The molecule has 2 aromatic rings. The molecular formula is C21H27IN4. The number of hydrogen-bond acceptors (Lipinski definition) is 2. The number of halogens is 1. The molecule has 0 spiro atoms. The molecule has 0 saturated heterocycles. The number of aliphatic imine (C=N–C) groups is 1. The average molecular weight is 462 g/mol. The van der Waals surface area contributed by atoms with Crippen LogP contribution < -0.4 is 10.2 Å². The van der Waals surface area contributed by atoms with Crippen LogP contribution in [0.3, 0.4) is 0 Å². The average Bonchev–Trinajstić information content (AvgIpc) is 3.17. The van der Waals surface area contributed by atoms with Gasteiger partial charge in [0.1, 0.15) is 0 Å². The minimum atomic E-state index is 0. The third-order valence-electron chi connectivity index (χ3n) is 4.25. The van der Waals surface area contributed by atoms with Gasteiger partial charge in [0.2, 0.25) is 0 Å². The zero-order valence-corrected chi connectivity index (χ0v) is 17.8. The van der Waals surface area contributed by atoms with Crippen molar-refractivity contribution in [2.75, 3.05) is 32.1 Å². The lowest BCUT2D eigenvalue weighted by Gasteiger charge is -2.19. The second-order valence-corrected chi connectivity index (χ2v) is 6.42. The predicted molar refractivity (Wildman–Crippen MR) is 121 cm³/mol. The predicted octanol–water partition coefficient (Wildman–Crippen LogP) is 3.89. The van der Waals surface area contributed by atoms with Crippen LogP contribution in [0.15, 0.2) is 71.7 Å². The highest BCUT2D eigenvalue weighted by molar-refractivity contribution is 14.0. The first-order valence-electron chi connectivity index (χ1n) is 8.71. The Labute approximate surface area is 173 Å². The molecule has 1 N–H and O–H groups in total. The van der Waals surface area contributed by atoms with E-state index in [9.17, 15) is 0 Å². The lowest BCUT2D eigenvalue weighted by atomic mass is 10.2. The van der Waals surface area contributed by atoms with Crippen molar-refractivity contribution in [2.24, 2.45) is 4.99 Å². The van der Waals surface area contributed by atoms with Crippen LogP contribution in [0.2, 0.25) is 0 Å². The van der Waals surface area contributed by atoms with Gasteiger partial charge in [-0.3, -0.25) is 0 Å². The van der Waals surface area contributed by atoms with Crippen molar-refractivity contribution < 1.29 is 0 Å². The monoisotopic (exact) mass is 462 g/mol. The molecule has 0 radical (unpaired) electrons. The lowest BCUT2D eigenvalue weighted by Crippen LogP contribution is -2.36. The Bertz CT molecular complexity index is 715. The molecule has 1 aliphatic rings. The van der Waals surface area contributed by atoms with E-state index in [4.69, 9.17) is 4.99 Å². The van der Waals surface area contributed by atoms with Crippen molar-refractivity contribution in [3.8, 4) is 0 Å². The number of nitrogens with zero attached hydrogens (tertiary/aromatic N) is 3. The van der Waals surface area contributed by atoms with Crippen LogP contribution in [-0.4, -0.2) is 38.0 Å². The van der Waals surface area contributed by atoms with E-state index in [2.05, 4.69) is 58.8 Å². The molecule has 26 heavy (non-hydrogen) atoms. The molecule has 1 aliphatic heterocycles. The number of nitrogens with one attached hydrogen (secondary N) is 1. The van der Waals surface area contributed by atoms with E-state index in [1.807, 2.05) is 37.2 Å². The van der Waals surface area contributed by atoms with Gasteiger partial charge in [0.05, 0.1) is 6.54 Å². The third kappa shape index (κ3) is 5.76. The largest absolute Gasteiger partial charge is 0.364 e. The first kappa shape index (κ1) is 20.3. The van der Waals surface area contributed by atoms with Crippen molar-refractivity contribution in [3.63, 3.8) is 0 Å². The molecule has 5 heteroatoms. The number of anilines is 1. The van der Waals surface area contributed by atoms with Crippen LogP contribution in [0.1, 0.15) is 11.1 Å². The van der Waals surface area contributed by atoms with Gasteiger partial charge in [0.25, 0.3) is 0 Å². The van der Waals surface area contributed by atoms with Gasteiger partial charge >= 0.3 is 0 Å². The minimum Gasteiger partial charge on any atom is -0.364 e. The van der Waals surface area contributed by atoms with Gasteiger partial charge < -0.3 is 15.1 Å². The third-order valence-corrected chi connectivity index (χ3v) is 4.25. The maximum Gasteiger partial charge on any atom is 0.194 e. The van der Waals surface area contributed by atoms with Crippen molar-refractivity contribution >= 4 is 35.6 Å². The highest BCUT2D eigenvalue weighted by atomic mass is 127. The van der Waals surface area contributed by atoms with Crippen LogP contribution in [0, 0.1) is 0 Å².